The van der Waals surface area contributed by atoms with E-state index < -0.39 is 0 Å². The molecule has 2 atom stereocenters. The molecule has 5 aliphatic rings. The van der Waals surface area contributed by atoms with Gasteiger partial charge >= 0.3 is 0 Å². The Balaban J connectivity index is 1.23. The number of rotatable bonds is 3. The van der Waals surface area contributed by atoms with Crippen LogP contribution in [-0.2, 0) is 0 Å². The van der Waals surface area contributed by atoms with Crippen molar-refractivity contribution < 1.29 is 0 Å². The van der Waals surface area contributed by atoms with E-state index in [9.17, 15) is 0 Å². The highest BCUT2D eigenvalue weighted by molar-refractivity contribution is 5.63. The van der Waals surface area contributed by atoms with E-state index in [2.05, 4.69) is 59.5 Å². The number of hydrogen-bond acceptors (Lipinski definition) is 1. The summed E-state index contributed by atoms with van der Waals surface area (Å²) in [5, 5.41) is 0. The van der Waals surface area contributed by atoms with E-state index in [1.807, 2.05) is 0 Å². The molecule has 1 nitrogen and oxygen atoms in total. The van der Waals surface area contributed by atoms with Crippen molar-refractivity contribution in [3.05, 3.63) is 60.2 Å². The maximum atomic E-state index is 2.88. The third-order valence-electron chi connectivity index (χ3n) is 7.63. The Kier molecular flexibility index (Phi) is 3.03. The quantitative estimate of drug-likeness (QED) is 0.655. The maximum absolute atomic E-state index is 2.88. The molecule has 0 spiro atoms. The molecule has 5 fully saturated rings. The van der Waals surface area contributed by atoms with Gasteiger partial charge in [0.15, 0.2) is 0 Å². The van der Waals surface area contributed by atoms with Crippen LogP contribution in [-0.4, -0.2) is 17.0 Å². The van der Waals surface area contributed by atoms with Crippen LogP contribution in [0.4, 0.5) is 0 Å². The van der Waals surface area contributed by atoms with Crippen LogP contribution in [0.25, 0.3) is 11.1 Å². The van der Waals surface area contributed by atoms with Gasteiger partial charge < -0.3 is 0 Å². The fourth-order valence-electron chi connectivity index (χ4n) is 6.89. The number of nitrogens with zero attached hydrogens (tertiary/aromatic N) is 1. The largest absolute Gasteiger partial charge is 0.287 e. The molecule has 4 aliphatic carbocycles. The second-order valence-electron chi connectivity index (χ2n) is 9.30. The minimum Gasteiger partial charge on any atom is -0.287 e. The first-order valence-corrected chi connectivity index (χ1v) is 10.2. The SMILES string of the molecule is c1ccc(-c2ccc(C3CN3C34CC5CC(CC(C5)C3)C4)cc2)cc1. The van der Waals surface area contributed by atoms with Crippen molar-refractivity contribution in [1.82, 2.24) is 4.90 Å². The summed E-state index contributed by atoms with van der Waals surface area (Å²) in [6.45, 7) is 1.30. The summed E-state index contributed by atoms with van der Waals surface area (Å²) in [5.74, 6) is 3.15. The van der Waals surface area contributed by atoms with E-state index >= 15 is 0 Å². The summed E-state index contributed by atoms with van der Waals surface area (Å²) >= 11 is 0. The fourth-order valence-corrected chi connectivity index (χ4v) is 6.89. The van der Waals surface area contributed by atoms with Crippen molar-refractivity contribution >= 4 is 0 Å². The van der Waals surface area contributed by atoms with E-state index in [1.54, 1.807) is 19.3 Å². The summed E-state index contributed by atoms with van der Waals surface area (Å²) < 4.78 is 0. The van der Waals surface area contributed by atoms with E-state index in [1.165, 1.54) is 42.5 Å². The van der Waals surface area contributed by atoms with Crippen molar-refractivity contribution in [2.75, 3.05) is 6.54 Å². The van der Waals surface area contributed by atoms with Crippen LogP contribution in [0.1, 0.15) is 50.1 Å². The van der Waals surface area contributed by atoms with Crippen molar-refractivity contribution in [2.45, 2.75) is 50.1 Å². The average Bonchev–Trinajstić information content (AvgIpc) is 3.43. The highest BCUT2D eigenvalue weighted by atomic mass is 15.4. The van der Waals surface area contributed by atoms with Crippen LogP contribution in [0, 0.1) is 17.8 Å². The summed E-state index contributed by atoms with van der Waals surface area (Å²) in [4.78, 5) is 2.88. The molecule has 25 heavy (non-hydrogen) atoms. The first-order valence-electron chi connectivity index (χ1n) is 10.2. The lowest BCUT2D eigenvalue weighted by Gasteiger charge is -2.57. The van der Waals surface area contributed by atoms with E-state index in [-0.39, 0.29) is 0 Å². The molecule has 0 amide bonds. The predicted molar refractivity (Wildman–Crippen MR) is 102 cm³/mol. The number of hydrogen-bond donors (Lipinski definition) is 0. The van der Waals surface area contributed by atoms with Gasteiger partial charge in [-0.3, -0.25) is 4.90 Å². The van der Waals surface area contributed by atoms with Crippen LogP contribution >= 0.6 is 0 Å². The Morgan fingerprint density at radius 2 is 1.24 bits per heavy atom. The van der Waals surface area contributed by atoms with Crippen molar-refractivity contribution in [1.29, 1.82) is 0 Å². The van der Waals surface area contributed by atoms with Gasteiger partial charge in [-0.2, -0.15) is 0 Å². The second kappa shape index (κ2) is 5.20. The Morgan fingerprint density at radius 3 is 1.84 bits per heavy atom. The maximum Gasteiger partial charge on any atom is 0.0481 e. The summed E-state index contributed by atoms with van der Waals surface area (Å²) in [6, 6.07) is 20.8. The highest BCUT2D eigenvalue weighted by Gasteiger charge is 2.59. The van der Waals surface area contributed by atoms with Crippen molar-refractivity contribution in [2.24, 2.45) is 17.8 Å². The molecule has 0 aromatic heterocycles. The Bertz CT molecular complexity index is 740. The molecule has 4 bridgehead atoms. The average molecular weight is 329 g/mol. The summed E-state index contributed by atoms with van der Waals surface area (Å²) in [6.07, 6.45) is 9.13. The molecule has 1 heterocycles. The van der Waals surface area contributed by atoms with Crippen molar-refractivity contribution in [3.63, 3.8) is 0 Å². The zero-order valence-electron chi connectivity index (χ0n) is 14.9. The molecule has 1 aliphatic heterocycles. The molecule has 1 saturated heterocycles. The van der Waals surface area contributed by atoms with Gasteiger partial charge in [-0.25, -0.2) is 0 Å². The second-order valence-corrected chi connectivity index (χ2v) is 9.30. The lowest BCUT2D eigenvalue weighted by atomic mass is 9.53. The molecule has 2 unspecified atom stereocenters. The van der Waals surface area contributed by atoms with E-state index in [0.717, 1.165) is 17.8 Å². The van der Waals surface area contributed by atoms with Gasteiger partial charge in [-0.15, -0.1) is 0 Å². The monoisotopic (exact) mass is 329 g/mol. The Labute approximate surface area is 151 Å². The van der Waals surface area contributed by atoms with E-state index in [0.29, 0.717) is 11.6 Å². The molecule has 4 saturated carbocycles. The van der Waals surface area contributed by atoms with Gasteiger partial charge in [0.25, 0.3) is 0 Å². The smallest absolute Gasteiger partial charge is 0.0481 e. The first kappa shape index (κ1) is 14.6. The fraction of sp³-hybridized carbons (Fsp3) is 0.500. The summed E-state index contributed by atoms with van der Waals surface area (Å²) in [5.41, 5.74) is 4.78. The molecule has 128 valence electrons. The highest BCUT2D eigenvalue weighted by Crippen LogP contribution is 2.61. The molecule has 2 aromatic carbocycles. The Morgan fingerprint density at radius 1 is 0.680 bits per heavy atom. The zero-order chi connectivity index (χ0) is 16.4. The van der Waals surface area contributed by atoms with Crippen LogP contribution in [0.3, 0.4) is 0 Å². The minimum absolute atomic E-state index is 0.581. The molecule has 0 N–H and O–H groups in total. The zero-order valence-corrected chi connectivity index (χ0v) is 14.9. The normalized spacial score (nSPS) is 41.0. The standard InChI is InChI=1S/C24H27N/c1-2-4-20(5-3-1)21-6-8-22(9-7-21)23-16-25(23)24-13-17-10-18(14-24)12-19(11-17)15-24/h1-9,17-19,23H,10-16H2. The van der Waals surface area contributed by atoms with E-state index in [4.69, 9.17) is 0 Å². The molecular formula is C24H27N. The Hall–Kier alpha value is -1.60. The van der Waals surface area contributed by atoms with Crippen molar-refractivity contribution in [3.8, 4) is 11.1 Å². The molecule has 1 heteroatoms. The van der Waals surface area contributed by atoms with Gasteiger partial charge in [-0.05, 0) is 73.0 Å². The predicted octanol–water partition coefficient (Wildman–Crippen LogP) is 5.68. The molecular weight excluding hydrogens is 302 g/mol. The minimum atomic E-state index is 0.581. The van der Waals surface area contributed by atoms with Crippen LogP contribution in [0.2, 0.25) is 0 Å². The van der Waals surface area contributed by atoms with Gasteiger partial charge in [0.2, 0.25) is 0 Å². The van der Waals surface area contributed by atoms with Crippen LogP contribution in [0.5, 0.6) is 0 Å². The lowest BCUT2D eigenvalue weighted by Crippen LogP contribution is -2.54. The molecule has 0 radical (unpaired) electrons. The number of benzene rings is 2. The van der Waals surface area contributed by atoms with Gasteiger partial charge in [-0.1, -0.05) is 54.6 Å². The molecule has 7 rings (SSSR count). The topological polar surface area (TPSA) is 3.01 Å². The first-order chi connectivity index (χ1) is 12.3. The van der Waals surface area contributed by atoms with Crippen LogP contribution in [0.15, 0.2) is 54.6 Å². The van der Waals surface area contributed by atoms with Crippen LogP contribution < -0.4 is 0 Å². The third kappa shape index (κ3) is 2.32. The lowest BCUT2D eigenvalue weighted by molar-refractivity contribution is -0.0534. The van der Waals surface area contributed by atoms with Gasteiger partial charge in [0.1, 0.15) is 0 Å². The summed E-state index contributed by atoms with van der Waals surface area (Å²) in [7, 11) is 0. The van der Waals surface area contributed by atoms with Gasteiger partial charge in [0.05, 0.1) is 0 Å². The third-order valence-corrected chi connectivity index (χ3v) is 7.63. The van der Waals surface area contributed by atoms with Gasteiger partial charge in [0, 0.05) is 18.1 Å². The molecule has 2 aromatic rings.